The predicted octanol–water partition coefficient (Wildman–Crippen LogP) is 1.35. The quantitative estimate of drug-likeness (QED) is 0.833. The van der Waals surface area contributed by atoms with Gasteiger partial charge in [-0.05, 0) is 12.0 Å². The van der Waals surface area contributed by atoms with Crippen molar-refractivity contribution in [2.75, 3.05) is 0 Å². The molecule has 0 spiro atoms. The summed E-state index contributed by atoms with van der Waals surface area (Å²) in [4.78, 5) is 10.6. The smallest absolute Gasteiger partial charge is 0.320 e. The van der Waals surface area contributed by atoms with E-state index in [9.17, 15) is 4.79 Å². The molecule has 2 rings (SSSR count). The second kappa shape index (κ2) is 5.46. The van der Waals surface area contributed by atoms with Gasteiger partial charge in [0.1, 0.15) is 6.04 Å². The summed E-state index contributed by atoms with van der Waals surface area (Å²) in [6, 6.07) is 9.06. The van der Waals surface area contributed by atoms with Crippen molar-refractivity contribution in [1.29, 1.82) is 0 Å². The third-order valence-electron chi connectivity index (χ3n) is 2.73. The number of benzene rings is 1. The number of aliphatic carboxylic acids is 1. The molecule has 1 heterocycles. The normalized spacial score (nSPS) is 12.3. The molecule has 1 atom stereocenters. The van der Waals surface area contributed by atoms with Gasteiger partial charge in [0.05, 0.1) is 6.20 Å². The third-order valence-corrected chi connectivity index (χ3v) is 2.73. The zero-order valence-electron chi connectivity index (χ0n) is 9.86. The van der Waals surface area contributed by atoms with Gasteiger partial charge in [-0.2, -0.15) is 5.10 Å². The first-order chi connectivity index (χ1) is 8.66. The summed E-state index contributed by atoms with van der Waals surface area (Å²) in [6.07, 6.45) is 4.02. The van der Waals surface area contributed by atoms with Crippen molar-refractivity contribution in [2.24, 2.45) is 5.73 Å². The fourth-order valence-corrected chi connectivity index (χ4v) is 1.66. The Kier molecular flexibility index (Phi) is 3.74. The third kappa shape index (κ3) is 2.95. The van der Waals surface area contributed by atoms with Gasteiger partial charge in [-0.3, -0.25) is 9.48 Å². The molecule has 0 radical (unpaired) electrons. The average molecular weight is 245 g/mol. The monoisotopic (exact) mass is 245 g/mol. The molecule has 94 valence electrons. The van der Waals surface area contributed by atoms with Gasteiger partial charge >= 0.3 is 5.97 Å². The first-order valence-electron chi connectivity index (χ1n) is 5.73. The molecular formula is C13H15N3O2. The molecule has 2 aromatic rings. The summed E-state index contributed by atoms with van der Waals surface area (Å²) in [6.45, 7) is 0.500. The number of rotatable bonds is 5. The maximum absolute atomic E-state index is 10.6. The second-order valence-corrected chi connectivity index (χ2v) is 4.09. The van der Waals surface area contributed by atoms with E-state index < -0.39 is 12.0 Å². The molecule has 3 N–H and O–H groups in total. The van der Waals surface area contributed by atoms with Crippen LogP contribution in [0.2, 0.25) is 0 Å². The van der Waals surface area contributed by atoms with Crippen LogP contribution in [0.25, 0.3) is 11.1 Å². The number of aromatic nitrogens is 2. The first kappa shape index (κ1) is 12.3. The molecule has 0 amide bonds. The molecule has 0 bridgehead atoms. The largest absolute Gasteiger partial charge is 0.480 e. The summed E-state index contributed by atoms with van der Waals surface area (Å²) in [5.41, 5.74) is 7.54. The Morgan fingerprint density at radius 3 is 2.72 bits per heavy atom. The molecular weight excluding hydrogens is 230 g/mol. The van der Waals surface area contributed by atoms with Crippen LogP contribution in [-0.4, -0.2) is 26.9 Å². The Labute approximate surface area is 105 Å². The minimum Gasteiger partial charge on any atom is -0.480 e. The molecule has 0 saturated carbocycles. The van der Waals surface area contributed by atoms with Crippen molar-refractivity contribution in [2.45, 2.75) is 19.0 Å². The Morgan fingerprint density at radius 1 is 1.33 bits per heavy atom. The van der Waals surface area contributed by atoms with Gasteiger partial charge in [-0.25, -0.2) is 0 Å². The molecule has 1 unspecified atom stereocenters. The van der Waals surface area contributed by atoms with Crippen LogP contribution in [0.5, 0.6) is 0 Å². The van der Waals surface area contributed by atoms with E-state index in [1.165, 1.54) is 0 Å². The maximum atomic E-state index is 10.6. The van der Waals surface area contributed by atoms with Crippen LogP contribution in [0.15, 0.2) is 42.7 Å². The van der Waals surface area contributed by atoms with Crippen LogP contribution in [0.4, 0.5) is 0 Å². The number of nitrogens with zero attached hydrogens (tertiary/aromatic N) is 2. The van der Waals surface area contributed by atoms with Crippen molar-refractivity contribution >= 4 is 5.97 Å². The van der Waals surface area contributed by atoms with Crippen LogP contribution in [0, 0.1) is 0 Å². The summed E-state index contributed by atoms with van der Waals surface area (Å²) in [5.74, 6) is -0.981. The highest BCUT2D eigenvalue weighted by Gasteiger charge is 2.11. The Bertz CT molecular complexity index is 522. The first-order valence-corrected chi connectivity index (χ1v) is 5.73. The van der Waals surface area contributed by atoms with E-state index >= 15 is 0 Å². The Morgan fingerprint density at radius 2 is 2.06 bits per heavy atom. The van der Waals surface area contributed by atoms with Crippen molar-refractivity contribution < 1.29 is 9.90 Å². The number of nitrogens with two attached hydrogens (primary N) is 1. The van der Waals surface area contributed by atoms with Crippen LogP contribution in [-0.2, 0) is 11.3 Å². The van der Waals surface area contributed by atoms with E-state index in [1.54, 1.807) is 10.9 Å². The molecule has 18 heavy (non-hydrogen) atoms. The van der Waals surface area contributed by atoms with E-state index in [4.69, 9.17) is 10.8 Å². The summed E-state index contributed by atoms with van der Waals surface area (Å²) in [5, 5.41) is 12.9. The van der Waals surface area contributed by atoms with Gasteiger partial charge in [0.25, 0.3) is 0 Å². The van der Waals surface area contributed by atoms with Gasteiger partial charge in [-0.1, -0.05) is 30.3 Å². The van der Waals surface area contributed by atoms with E-state index in [0.717, 1.165) is 11.1 Å². The number of hydrogen-bond acceptors (Lipinski definition) is 3. The van der Waals surface area contributed by atoms with Crippen LogP contribution >= 0.6 is 0 Å². The molecule has 0 aliphatic heterocycles. The lowest BCUT2D eigenvalue weighted by molar-refractivity contribution is -0.138. The fourth-order valence-electron chi connectivity index (χ4n) is 1.66. The van der Waals surface area contributed by atoms with Gasteiger partial charge < -0.3 is 10.8 Å². The molecule has 0 aliphatic rings. The number of aryl methyl sites for hydroxylation is 1. The summed E-state index contributed by atoms with van der Waals surface area (Å²) >= 11 is 0. The van der Waals surface area contributed by atoms with E-state index in [0.29, 0.717) is 13.0 Å². The van der Waals surface area contributed by atoms with E-state index in [-0.39, 0.29) is 0 Å². The number of carbonyl (C=O) groups is 1. The highest BCUT2D eigenvalue weighted by Crippen LogP contribution is 2.17. The molecule has 5 heteroatoms. The standard InChI is InChI=1S/C13H15N3O2/c14-12(13(17)18)6-7-16-9-11(8-15-16)10-4-2-1-3-5-10/h1-5,8-9,12H,6-7,14H2,(H,17,18). The minimum atomic E-state index is -0.981. The average Bonchev–Trinajstić information content (AvgIpc) is 2.85. The molecule has 1 aromatic carbocycles. The minimum absolute atomic E-state index is 0.366. The van der Waals surface area contributed by atoms with Gasteiger partial charge in [0.2, 0.25) is 0 Å². The fraction of sp³-hybridized carbons (Fsp3) is 0.231. The zero-order valence-corrected chi connectivity index (χ0v) is 9.86. The van der Waals surface area contributed by atoms with Crippen LogP contribution in [0.1, 0.15) is 6.42 Å². The highest BCUT2D eigenvalue weighted by atomic mass is 16.4. The molecule has 1 aromatic heterocycles. The van der Waals surface area contributed by atoms with Crippen molar-refractivity contribution in [1.82, 2.24) is 9.78 Å². The second-order valence-electron chi connectivity index (χ2n) is 4.09. The summed E-state index contributed by atoms with van der Waals surface area (Å²) in [7, 11) is 0. The molecule has 0 aliphatic carbocycles. The van der Waals surface area contributed by atoms with Crippen molar-refractivity contribution in [3.05, 3.63) is 42.7 Å². The molecule has 5 nitrogen and oxygen atoms in total. The number of hydrogen-bond donors (Lipinski definition) is 2. The number of carboxylic acid groups (broad SMARTS) is 1. The van der Waals surface area contributed by atoms with Crippen molar-refractivity contribution in [3.8, 4) is 11.1 Å². The molecule has 0 fully saturated rings. The number of carboxylic acids is 1. The van der Waals surface area contributed by atoms with Gasteiger partial charge in [0.15, 0.2) is 0 Å². The molecule has 0 saturated heterocycles. The Balaban J connectivity index is 2.01. The van der Waals surface area contributed by atoms with Crippen LogP contribution in [0.3, 0.4) is 0 Å². The zero-order chi connectivity index (χ0) is 13.0. The lowest BCUT2D eigenvalue weighted by Gasteiger charge is -2.05. The SMILES string of the molecule is NC(CCn1cc(-c2ccccc2)cn1)C(=O)O. The lowest BCUT2D eigenvalue weighted by Crippen LogP contribution is -2.31. The summed E-state index contributed by atoms with van der Waals surface area (Å²) < 4.78 is 1.71. The van der Waals surface area contributed by atoms with Gasteiger partial charge in [0, 0.05) is 18.3 Å². The van der Waals surface area contributed by atoms with Gasteiger partial charge in [-0.15, -0.1) is 0 Å². The van der Waals surface area contributed by atoms with Crippen LogP contribution < -0.4 is 5.73 Å². The highest BCUT2D eigenvalue weighted by molar-refractivity contribution is 5.72. The van der Waals surface area contributed by atoms with E-state index in [2.05, 4.69) is 5.10 Å². The predicted molar refractivity (Wildman–Crippen MR) is 67.9 cm³/mol. The Hall–Kier alpha value is -2.14. The van der Waals surface area contributed by atoms with E-state index in [1.807, 2.05) is 36.5 Å². The maximum Gasteiger partial charge on any atom is 0.320 e. The van der Waals surface area contributed by atoms with Crippen molar-refractivity contribution in [3.63, 3.8) is 0 Å². The lowest BCUT2D eigenvalue weighted by atomic mass is 10.1. The topological polar surface area (TPSA) is 81.1 Å².